The first-order valence-electron chi connectivity index (χ1n) is 8.15. The first-order chi connectivity index (χ1) is 12.0. The highest BCUT2D eigenvalue weighted by Gasteiger charge is 2.21. The van der Waals surface area contributed by atoms with Gasteiger partial charge in [0.25, 0.3) is 0 Å². The van der Waals surface area contributed by atoms with Crippen LogP contribution in [0.4, 0.5) is 0 Å². The van der Waals surface area contributed by atoms with Gasteiger partial charge in [-0.15, -0.1) is 0 Å². The van der Waals surface area contributed by atoms with Crippen molar-refractivity contribution in [3.63, 3.8) is 0 Å². The zero-order valence-electron chi connectivity index (χ0n) is 14.3. The van der Waals surface area contributed by atoms with Gasteiger partial charge in [0.05, 0.1) is 37.9 Å². The van der Waals surface area contributed by atoms with Gasteiger partial charge in [0.1, 0.15) is 11.3 Å². The number of phenols is 1. The zero-order valence-corrected chi connectivity index (χ0v) is 14.3. The lowest BCUT2D eigenvalue weighted by molar-refractivity contribution is -0.139. The van der Waals surface area contributed by atoms with Gasteiger partial charge in [-0.1, -0.05) is 0 Å². The number of hydrogen-bond acceptors (Lipinski definition) is 7. The first kappa shape index (κ1) is 17.4. The lowest BCUT2D eigenvalue weighted by Gasteiger charge is -2.27. The van der Waals surface area contributed by atoms with Gasteiger partial charge in [0.2, 0.25) is 0 Å². The maximum Gasteiger partial charge on any atom is 0.340 e. The lowest BCUT2D eigenvalue weighted by Crippen LogP contribution is -2.35. The highest BCUT2D eigenvalue weighted by Crippen LogP contribution is 2.30. The molecule has 1 aliphatic heterocycles. The molecule has 7 heteroatoms. The second-order valence-corrected chi connectivity index (χ2v) is 6.07. The number of morpholine rings is 1. The minimum Gasteiger partial charge on any atom is -0.507 e. The van der Waals surface area contributed by atoms with Crippen molar-refractivity contribution in [3.05, 3.63) is 39.2 Å². The van der Waals surface area contributed by atoms with Gasteiger partial charge in [-0.05, 0) is 24.6 Å². The molecule has 0 saturated carbocycles. The Morgan fingerprint density at radius 1 is 1.28 bits per heavy atom. The van der Waals surface area contributed by atoms with E-state index in [1.54, 1.807) is 19.1 Å². The van der Waals surface area contributed by atoms with Crippen LogP contribution in [-0.2, 0) is 27.2 Å². The third-order valence-electron chi connectivity index (χ3n) is 4.57. The fourth-order valence-electron chi connectivity index (χ4n) is 3.06. The van der Waals surface area contributed by atoms with E-state index in [0.717, 1.165) is 13.1 Å². The standard InChI is InChI=1S/C18H21NO6/c1-11-12-3-4-15(20)14(10-19-5-7-24-8-6-19)17(12)25-18(22)13(11)9-16(21)23-2/h3-4,20H,5-10H2,1-2H3. The van der Waals surface area contributed by atoms with E-state index >= 15 is 0 Å². The molecule has 0 aliphatic carbocycles. The molecule has 134 valence electrons. The lowest BCUT2D eigenvalue weighted by atomic mass is 10.0. The van der Waals surface area contributed by atoms with E-state index in [0.29, 0.717) is 41.9 Å². The summed E-state index contributed by atoms with van der Waals surface area (Å²) in [5.41, 5.74) is 1.30. The van der Waals surface area contributed by atoms with Gasteiger partial charge >= 0.3 is 11.6 Å². The molecule has 1 aromatic heterocycles. The van der Waals surface area contributed by atoms with Crippen LogP contribution in [-0.4, -0.2) is 49.4 Å². The minimum atomic E-state index is -0.579. The molecule has 1 N–H and O–H groups in total. The van der Waals surface area contributed by atoms with Crippen molar-refractivity contribution in [3.8, 4) is 5.75 Å². The van der Waals surface area contributed by atoms with Crippen molar-refractivity contribution in [2.24, 2.45) is 0 Å². The fraction of sp³-hybridized carbons (Fsp3) is 0.444. The van der Waals surface area contributed by atoms with E-state index in [1.807, 2.05) is 0 Å². The number of carbonyl (C=O) groups excluding carboxylic acids is 1. The fourth-order valence-corrected chi connectivity index (χ4v) is 3.06. The topological polar surface area (TPSA) is 89.2 Å². The Morgan fingerprint density at radius 2 is 2.00 bits per heavy atom. The summed E-state index contributed by atoms with van der Waals surface area (Å²) >= 11 is 0. The van der Waals surface area contributed by atoms with E-state index in [4.69, 9.17) is 9.15 Å². The quantitative estimate of drug-likeness (QED) is 0.660. The number of carbonyl (C=O) groups is 1. The second-order valence-electron chi connectivity index (χ2n) is 6.07. The van der Waals surface area contributed by atoms with Crippen LogP contribution >= 0.6 is 0 Å². The number of aryl methyl sites for hydroxylation is 1. The molecule has 0 radical (unpaired) electrons. The van der Waals surface area contributed by atoms with E-state index in [2.05, 4.69) is 9.64 Å². The maximum absolute atomic E-state index is 12.4. The normalized spacial score (nSPS) is 15.4. The summed E-state index contributed by atoms with van der Waals surface area (Å²) in [5.74, 6) is -0.413. The molecule has 1 aromatic carbocycles. The third-order valence-corrected chi connectivity index (χ3v) is 4.57. The first-order valence-corrected chi connectivity index (χ1v) is 8.15. The van der Waals surface area contributed by atoms with Crippen LogP contribution in [0, 0.1) is 6.92 Å². The zero-order chi connectivity index (χ0) is 18.0. The van der Waals surface area contributed by atoms with Crippen LogP contribution in [0.3, 0.4) is 0 Å². The average molecular weight is 347 g/mol. The van der Waals surface area contributed by atoms with Crippen LogP contribution in [0.2, 0.25) is 0 Å². The molecule has 0 amide bonds. The summed E-state index contributed by atoms with van der Waals surface area (Å²) in [7, 11) is 1.28. The predicted octanol–water partition coefficient (Wildman–Crippen LogP) is 1.35. The molecule has 1 saturated heterocycles. The Bertz CT molecular complexity index is 851. The number of methoxy groups -OCH3 is 1. The largest absolute Gasteiger partial charge is 0.507 e. The second kappa shape index (κ2) is 7.25. The smallest absolute Gasteiger partial charge is 0.340 e. The van der Waals surface area contributed by atoms with Gasteiger partial charge < -0.3 is 19.0 Å². The monoisotopic (exact) mass is 347 g/mol. The summed E-state index contributed by atoms with van der Waals surface area (Å²) in [4.78, 5) is 26.1. The molecule has 2 aromatic rings. The highest BCUT2D eigenvalue weighted by atomic mass is 16.5. The number of aromatic hydroxyl groups is 1. The van der Waals surface area contributed by atoms with Gasteiger partial charge in [-0.3, -0.25) is 9.69 Å². The molecule has 25 heavy (non-hydrogen) atoms. The van der Waals surface area contributed by atoms with Crippen molar-refractivity contribution in [2.75, 3.05) is 33.4 Å². The van der Waals surface area contributed by atoms with Crippen molar-refractivity contribution in [2.45, 2.75) is 19.9 Å². The number of nitrogens with zero attached hydrogens (tertiary/aromatic N) is 1. The van der Waals surface area contributed by atoms with Crippen LogP contribution in [0.5, 0.6) is 5.75 Å². The van der Waals surface area contributed by atoms with E-state index < -0.39 is 11.6 Å². The maximum atomic E-state index is 12.4. The molecule has 1 fully saturated rings. The van der Waals surface area contributed by atoms with E-state index in [-0.39, 0.29) is 17.7 Å². The molecule has 2 heterocycles. The molecule has 0 spiro atoms. The molecule has 7 nitrogen and oxygen atoms in total. The molecule has 0 bridgehead atoms. The van der Waals surface area contributed by atoms with Gasteiger partial charge in [-0.2, -0.15) is 0 Å². The molecule has 3 rings (SSSR count). The Balaban J connectivity index is 2.07. The van der Waals surface area contributed by atoms with Crippen LogP contribution in [0.15, 0.2) is 21.3 Å². The number of phenolic OH excluding ortho intramolecular Hbond substituents is 1. The van der Waals surface area contributed by atoms with E-state index in [9.17, 15) is 14.7 Å². The molecule has 0 atom stereocenters. The summed E-state index contributed by atoms with van der Waals surface area (Å²) in [6.07, 6.45) is -0.139. The SMILES string of the molecule is COC(=O)Cc1c(C)c2ccc(O)c(CN3CCOCC3)c2oc1=O. The average Bonchev–Trinajstić information content (AvgIpc) is 2.62. The summed E-state index contributed by atoms with van der Waals surface area (Å²) in [6, 6.07) is 3.29. The third kappa shape index (κ3) is 3.52. The summed E-state index contributed by atoms with van der Waals surface area (Å²) in [6.45, 7) is 5.01. The summed E-state index contributed by atoms with van der Waals surface area (Å²) < 4.78 is 15.5. The molecule has 1 aliphatic rings. The number of esters is 1. The Labute approximate surface area is 144 Å². The predicted molar refractivity (Wildman–Crippen MR) is 90.7 cm³/mol. The van der Waals surface area contributed by atoms with Crippen molar-refractivity contribution in [1.29, 1.82) is 0 Å². The number of hydrogen-bond donors (Lipinski definition) is 1. The Morgan fingerprint density at radius 3 is 2.68 bits per heavy atom. The van der Waals surface area contributed by atoms with E-state index in [1.165, 1.54) is 7.11 Å². The minimum absolute atomic E-state index is 0.0854. The Kier molecular flexibility index (Phi) is 5.06. The Hall–Kier alpha value is -2.38. The summed E-state index contributed by atoms with van der Waals surface area (Å²) in [5, 5.41) is 11.0. The van der Waals surface area contributed by atoms with Gasteiger partial charge in [0.15, 0.2) is 0 Å². The highest BCUT2D eigenvalue weighted by molar-refractivity contribution is 5.87. The van der Waals surface area contributed by atoms with Crippen LogP contribution < -0.4 is 5.63 Å². The van der Waals surface area contributed by atoms with Gasteiger partial charge in [-0.25, -0.2) is 4.79 Å². The van der Waals surface area contributed by atoms with Crippen molar-refractivity contribution >= 4 is 16.9 Å². The number of ether oxygens (including phenoxy) is 2. The van der Waals surface area contributed by atoms with Crippen molar-refractivity contribution < 1.29 is 23.8 Å². The number of rotatable bonds is 4. The molecule has 0 unspecified atom stereocenters. The van der Waals surface area contributed by atoms with Gasteiger partial charge in [0, 0.05) is 25.0 Å². The molecular weight excluding hydrogens is 326 g/mol. The number of benzene rings is 1. The number of fused-ring (bicyclic) bond motifs is 1. The van der Waals surface area contributed by atoms with Crippen LogP contribution in [0.1, 0.15) is 16.7 Å². The molecular formula is C18H21NO6. The van der Waals surface area contributed by atoms with Crippen LogP contribution in [0.25, 0.3) is 11.0 Å². The van der Waals surface area contributed by atoms with Crippen molar-refractivity contribution in [1.82, 2.24) is 4.90 Å².